The summed E-state index contributed by atoms with van der Waals surface area (Å²) < 4.78 is 10.2. The molecule has 0 spiro atoms. The van der Waals surface area contributed by atoms with Gasteiger partial charge in [0.15, 0.2) is 5.82 Å². The average molecular weight is 485 g/mol. The standard InChI is InChI=1S/C28H32N6O2/c1-15-4-7-17-11-22(33(26(17)30-15)13-16-5-6-16)27-31-20-10-19(12-23(36-3)25(20)32(27)2)28(35)34-14-18-8-9-21(34)24(18)29/h4,7,10-12,16,18,21,24H,5-6,8-9,13-14,29H2,1-3H3. The van der Waals surface area contributed by atoms with E-state index in [0.717, 1.165) is 65.2 Å². The lowest BCUT2D eigenvalue weighted by molar-refractivity contribution is 0.0700. The van der Waals surface area contributed by atoms with Crippen LogP contribution in [-0.4, -0.2) is 55.6 Å². The second kappa shape index (κ2) is 7.80. The van der Waals surface area contributed by atoms with Crippen molar-refractivity contribution < 1.29 is 9.53 Å². The SMILES string of the molecule is COc1cc(C(=O)N2CC3CCC2C3N)cc2nc(-c3cc4ccc(C)nc4n3CC3CC3)n(C)c12. The smallest absolute Gasteiger partial charge is 0.254 e. The number of amides is 1. The summed E-state index contributed by atoms with van der Waals surface area (Å²) in [6.45, 7) is 3.72. The zero-order valence-electron chi connectivity index (χ0n) is 21.1. The number of imidazole rings is 1. The van der Waals surface area contributed by atoms with Crippen molar-refractivity contribution in [3.63, 3.8) is 0 Å². The van der Waals surface area contributed by atoms with Gasteiger partial charge >= 0.3 is 0 Å². The Morgan fingerprint density at radius 2 is 1.97 bits per heavy atom. The van der Waals surface area contributed by atoms with Gasteiger partial charge in [0, 0.05) is 48.9 Å². The molecule has 36 heavy (non-hydrogen) atoms. The number of piperidine rings is 1. The first kappa shape index (κ1) is 21.9. The molecule has 2 aliphatic carbocycles. The van der Waals surface area contributed by atoms with Gasteiger partial charge in [-0.05, 0) is 74.8 Å². The minimum Gasteiger partial charge on any atom is -0.494 e. The molecule has 3 unspecified atom stereocenters. The molecule has 1 saturated heterocycles. The maximum atomic E-state index is 13.6. The van der Waals surface area contributed by atoms with Gasteiger partial charge in [-0.3, -0.25) is 4.79 Å². The maximum absolute atomic E-state index is 13.6. The van der Waals surface area contributed by atoms with Gasteiger partial charge in [0.05, 0.1) is 18.3 Å². The summed E-state index contributed by atoms with van der Waals surface area (Å²) in [6, 6.07) is 10.4. The number of hydrogen-bond donors (Lipinski definition) is 1. The van der Waals surface area contributed by atoms with Crippen LogP contribution in [0.2, 0.25) is 0 Å². The van der Waals surface area contributed by atoms with Crippen molar-refractivity contribution in [2.75, 3.05) is 13.7 Å². The van der Waals surface area contributed by atoms with Crippen LogP contribution >= 0.6 is 0 Å². The topological polar surface area (TPSA) is 91.2 Å². The molecule has 186 valence electrons. The van der Waals surface area contributed by atoms with E-state index in [4.69, 9.17) is 20.4 Å². The largest absolute Gasteiger partial charge is 0.494 e. The molecule has 8 heteroatoms. The third-order valence-electron chi connectivity index (χ3n) is 8.57. The van der Waals surface area contributed by atoms with Gasteiger partial charge in [0.2, 0.25) is 0 Å². The Bertz CT molecular complexity index is 1530. The fourth-order valence-electron chi connectivity index (χ4n) is 6.42. The number of nitrogens with zero attached hydrogens (tertiary/aromatic N) is 5. The molecule has 3 atom stereocenters. The second-order valence-electron chi connectivity index (χ2n) is 10.9. The number of pyridine rings is 1. The van der Waals surface area contributed by atoms with Crippen LogP contribution in [0.3, 0.4) is 0 Å². The highest BCUT2D eigenvalue weighted by atomic mass is 16.5. The van der Waals surface area contributed by atoms with Gasteiger partial charge in [-0.15, -0.1) is 0 Å². The Morgan fingerprint density at radius 3 is 2.67 bits per heavy atom. The summed E-state index contributed by atoms with van der Waals surface area (Å²) in [7, 11) is 3.67. The van der Waals surface area contributed by atoms with Crippen LogP contribution in [0.15, 0.2) is 30.3 Å². The van der Waals surface area contributed by atoms with E-state index in [9.17, 15) is 4.79 Å². The first-order chi connectivity index (χ1) is 17.4. The molecule has 8 nitrogen and oxygen atoms in total. The van der Waals surface area contributed by atoms with Crippen LogP contribution in [0.5, 0.6) is 5.75 Å². The monoisotopic (exact) mass is 484 g/mol. The highest BCUT2D eigenvalue weighted by molar-refractivity contribution is 6.00. The lowest BCUT2D eigenvalue weighted by Gasteiger charge is -2.27. The van der Waals surface area contributed by atoms with E-state index >= 15 is 0 Å². The number of carbonyl (C=O) groups excluding carboxylic acids is 1. The Morgan fingerprint density at radius 1 is 1.14 bits per heavy atom. The van der Waals surface area contributed by atoms with Crippen LogP contribution in [-0.2, 0) is 13.6 Å². The summed E-state index contributed by atoms with van der Waals surface area (Å²) in [6.07, 6.45) is 4.62. The highest BCUT2D eigenvalue weighted by Crippen LogP contribution is 2.40. The molecule has 2 saturated carbocycles. The number of carbonyl (C=O) groups is 1. The Hall–Kier alpha value is -3.39. The van der Waals surface area contributed by atoms with Crippen molar-refractivity contribution in [3.8, 4) is 17.3 Å². The van der Waals surface area contributed by atoms with E-state index in [0.29, 0.717) is 23.1 Å². The zero-order valence-corrected chi connectivity index (χ0v) is 21.1. The molecule has 2 N–H and O–H groups in total. The molecule has 4 aromatic rings. The van der Waals surface area contributed by atoms with Crippen LogP contribution in [0.25, 0.3) is 33.6 Å². The summed E-state index contributed by atoms with van der Waals surface area (Å²) in [5.74, 6) is 2.64. The molecule has 1 amide bonds. The lowest BCUT2D eigenvalue weighted by Crippen LogP contribution is -2.41. The number of ether oxygens (including phenoxy) is 1. The molecule has 3 aliphatic rings. The number of rotatable bonds is 5. The lowest BCUT2D eigenvalue weighted by atomic mass is 10.1. The van der Waals surface area contributed by atoms with E-state index in [1.54, 1.807) is 7.11 Å². The molecule has 1 aromatic carbocycles. The van der Waals surface area contributed by atoms with E-state index < -0.39 is 0 Å². The van der Waals surface area contributed by atoms with E-state index in [-0.39, 0.29) is 18.0 Å². The number of nitrogens with two attached hydrogens (primary N) is 1. The Kier molecular flexibility index (Phi) is 4.74. The molecule has 0 radical (unpaired) electrons. The number of benzene rings is 1. The minimum absolute atomic E-state index is 0.0209. The number of aromatic nitrogens is 4. The van der Waals surface area contributed by atoms with Crippen LogP contribution in [0.1, 0.15) is 41.7 Å². The summed E-state index contributed by atoms with van der Waals surface area (Å²) in [4.78, 5) is 25.5. The number of methoxy groups -OCH3 is 1. The molecule has 2 bridgehead atoms. The Balaban J connectivity index is 1.35. The molecular formula is C28H32N6O2. The first-order valence-electron chi connectivity index (χ1n) is 13.0. The number of fused-ring (bicyclic) bond motifs is 4. The van der Waals surface area contributed by atoms with Gasteiger partial charge in [-0.2, -0.15) is 0 Å². The maximum Gasteiger partial charge on any atom is 0.254 e. The molecule has 4 heterocycles. The van der Waals surface area contributed by atoms with E-state index in [1.165, 1.54) is 12.8 Å². The predicted molar refractivity (Wildman–Crippen MR) is 139 cm³/mol. The zero-order chi connectivity index (χ0) is 24.7. The normalized spacial score (nSPS) is 23.3. The average Bonchev–Trinajstić information content (AvgIpc) is 3.29. The van der Waals surface area contributed by atoms with Crippen LogP contribution < -0.4 is 10.5 Å². The third-order valence-corrected chi connectivity index (χ3v) is 8.57. The Labute approximate surface area is 210 Å². The molecular weight excluding hydrogens is 452 g/mol. The van der Waals surface area contributed by atoms with Gasteiger partial charge < -0.3 is 24.5 Å². The molecule has 3 fully saturated rings. The van der Waals surface area contributed by atoms with Gasteiger partial charge in [0.1, 0.15) is 16.9 Å². The minimum atomic E-state index is 0.0209. The van der Waals surface area contributed by atoms with Crippen LogP contribution in [0, 0.1) is 18.8 Å². The van der Waals surface area contributed by atoms with E-state index in [1.807, 2.05) is 31.0 Å². The molecule has 7 rings (SSSR count). The van der Waals surface area contributed by atoms with Crippen molar-refractivity contribution in [2.45, 2.75) is 51.2 Å². The quantitative estimate of drug-likeness (QED) is 0.464. The highest BCUT2D eigenvalue weighted by Gasteiger charge is 2.47. The summed E-state index contributed by atoms with van der Waals surface area (Å²) in [5.41, 5.74) is 11.7. The van der Waals surface area contributed by atoms with Crippen molar-refractivity contribution >= 4 is 28.0 Å². The number of hydrogen-bond acceptors (Lipinski definition) is 5. The number of aryl methyl sites for hydroxylation is 2. The van der Waals surface area contributed by atoms with Crippen molar-refractivity contribution in [1.29, 1.82) is 0 Å². The number of likely N-dealkylation sites (tertiary alicyclic amines) is 1. The van der Waals surface area contributed by atoms with Gasteiger partial charge in [-0.25, -0.2) is 9.97 Å². The van der Waals surface area contributed by atoms with Crippen molar-refractivity contribution in [1.82, 2.24) is 24.0 Å². The molecule has 1 aliphatic heterocycles. The first-order valence-corrected chi connectivity index (χ1v) is 13.0. The fraction of sp³-hybridized carbons (Fsp3) is 0.464. The molecule has 3 aromatic heterocycles. The van der Waals surface area contributed by atoms with Gasteiger partial charge in [0.25, 0.3) is 5.91 Å². The van der Waals surface area contributed by atoms with Crippen molar-refractivity contribution in [2.24, 2.45) is 24.6 Å². The summed E-state index contributed by atoms with van der Waals surface area (Å²) in [5, 5.41) is 1.12. The van der Waals surface area contributed by atoms with Crippen molar-refractivity contribution in [3.05, 3.63) is 41.6 Å². The summed E-state index contributed by atoms with van der Waals surface area (Å²) >= 11 is 0. The third kappa shape index (κ3) is 3.20. The van der Waals surface area contributed by atoms with Crippen LogP contribution in [0.4, 0.5) is 0 Å². The second-order valence-corrected chi connectivity index (χ2v) is 10.9. The van der Waals surface area contributed by atoms with Gasteiger partial charge in [-0.1, -0.05) is 0 Å². The van der Waals surface area contributed by atoms with E-state index in [2.05, 4.69) is 27.3 Å². The predicted octanol–water partition coefficient (Wildman–Crippen LogP) is 3.88. The fourth-order valence-corrected chi connectivity index (χ4v) is 6.42.